The van der Waals surface area contributed by atoms with E-state index in [1.807, 2.05) is 38.1 Å². The van der Waals surface area contributed by atoms with Crippen molar-refractivity contribution in [2.24, 2.45) is 5.92 Å². The first kappa shape index (κ1) is 22.3. The zero-order valence-corrected chi connectivity index (χ0v) is 18.8. The van der Waals surface area contributed by atoms with Crippen molar-refractivity contribution in [3.8, 4) is 5.75 Å². The Labute approximate surface area is 191 Å². The van der Waals surface area contributed by atoms with Crippen LogP contribution in [0.25, 0.3) is 11.0 Å². The molecule has 0 radical (unpaired) electrons. The monoisotopic (exact) mass is 449 g/mol. The first-order valence-corrected chi connectivity index (χ1v) is 10.9. The first-order chi connectivity index (χ1) is 15.9. The maximum Gasteiger partial charge on any atom is 0.329 e. The van der Waals surface area contributed by atoms with Crippen LogP contribution < -0.4 is 20.3 Å². The van der Waals surface area contributed by atoms with Gasteiger partial charge in [0, 0.05) is 6.42 Å². The Hall–Kier alpha value is -3.88. The van der Waals surface area contributed by atoms with Gasteiger partial charge in [-0.3, -0.25) is 9.59 Å². The first-order valence-electron chi connectivity index (χ1n) is 10.9. The van der Waals surface area contributed by atoms with E-state index in [1.165, 1.54) is 0 Å². The van der Waals surface area contributed by atoms with Crippen LogP contribution in [0.4, 0.5) is 10.5 Å². The summed E-state index contributed by atoms with van der Waals surface area (Å²) in [4.78, 5) is 46.9. The molecule has 3 N–H and O–H groups in total. The minimum atomic E-state index is -0.756. The van der Waals surface area contributed by atoms with E-state index in [2.05, 4.69) is 20.6 Å². The molecule has 1 aliphatic rings. The molecule has 2 aromatic carbocycles. The molecular weight excluding hydrogens is 422 g/mol. The highest BCUT2D eigenvalue weighted by Crippen LogP contribution is 2.25. The van der Waals surface area contributed by atoms with Crippen LogP contribution in [0.1, 0.15) is 38.6 Å². The summed E-state index contributed by atoms with van der Waals surface area (Å²) < 4.78 is 5.11. The summed E-state index contributed by atoms with van der Waals surface area (Å²) in [5.41, 5.74) is 2.20. The standard InChI is InChI=1S/C24H27N5O4/c1-14(2)21(22-25-17-6-4-5-7-18(17)26-22)28-20(30)13-12-19-23(31)29(24(32)27-19)15-8-10-16(33-3)11-9-15/h4-11,14,19,21H,12-13H2,1-3H3,(H,25,26)(H,27,32)(H,28,30)/t19-,21-/m0/s1. The summed E-state index contributed by atoms with van der Waals surface area (Å²) in [5, 5.41) is 5.68. The number of urea groups is 1. The number of imide groups is 1. The third-order valence-corrected chi connectivity index (χ3v) is 5.70. The molecule has 1 fully saturated rings. The van der Waals surface area contributed by atoms with E-state index in [0.29, 0.717) is 17.3 Å². The molecule has 2 heterocycles. The predicted octanol–water partition coefficient (Wildman–Crippen LogP) is 3.29. The van der Waals surface area contributed by atoms with Crippen LogP contribution >= 0.6 is 0 Å². The topological polar surface area (TPSA) is 116 Å². The molecule has 0 saturated carbocycles. The summed E-state index contributed by atoms with van der Waals surface area (Å²) in [6.07, 6.45) is 0.296. The third-order valence-electron chi connectivity index (χ3n) is 5.70. The van der Waals surface area contributed by atoms with Crippen molar-refractivity contribution in [1.82, 2.24) is 20.6 Å². The molecule has 172 valence electrons. The number of aromatic amines is 1. The molecule has 4 rings (SSSR count). The summed E-state index contributed by atoms with van der Waals surface area (Å²) in [5.74, 6) is 0.835. The number of rotatable bonds is 8. The number of carbonyl (C=O) groups excluding carboxylic acids is 3. The largest absolute Gasteiger partial charge is 0.497 e. The van der Waals surface area contributed by atoms with Crippen molar-refractivity contribution < 1.29 is 19.1 Å². The average Bonchev–Trinajstić information content (AvgIpc) is 3.36. The quantitative estimate of drug-likeness (QED) is 0.456. The number of ether oxygens (including phenoxy) is 1. The van der Waals surface area contributed by atoms with Crippen LogP contribution in [0.2, 0.25) is 0 Å². The number of benzene rings is 2. The van der Waals surface area contributed by atoms with Gasteiger partial charge in [0.1, 0.15) is 17.6 Å². The lowest BCUT2D eigenvalue weighted by molar-refractivity contribution is -0.122. The Morgan fingerprint density at radius 1 is 1.15 bits per heavy atom. The number of carbonyl (C=O) groups is 3. The molecule has 33 heavy (non-hydrogen) atoms. The van der Waals surface area contributed by atoms with Crippen LogP contribution in [0, 0.1) is 5.92 Å². The zero-order chi connectivity index (χ0) is 23.5. The van der Waals surface area contributed by atoms with Gasteiger partial charge in [0.2, 0.25) is 5.91 Å². The Balaban J connectivity index is 1.38. The number of aromatic nitrogens is 2. The molecule has 3 aromatic rings. The highest BCUT2D eigenvalue weighted by Gasteiger charge is 2.39. The molecule has 1 aromatic heterocycles. The molecule has 9 heteroatoms. The van der Waals surface area contributed by atoms with Gasteiger partial charge in [0.15, 0.2) is 0 Å². The number of nitrogens with zero attached hydrogens (tertiary/aromatic N) is 2. The molecule has 2 atom stereocenters. The fourth-order valence-electron chi connectivity index (χ4n) is 3.89. The number of imidazole rings is 1. The van der Waals surface area contributed by atoms with Gasteiger partial charge >= 0.3 is 6.03 Å². The summed E-state index contributed by atoms with van der Waals surface area (Å²) in [7, 11) is 1.54. The highest BCUT2D eigenvalue weighted by molar-refractivity contribution is 6.21. The van der Waals surface area contributed by atoms with Gasteiger partial charge < -0.3 is 20.4 Å². The lowest BCUT2D eigenvalue weighted by Crippen LogP contribution is -2.35. The van der Waals surface area contributed by atoms with Crippen molar-refractivity contribution in [2.75, 3.05) is 12.0 Å². The highest BCUT2D eigenvalue weighted by atomic mass is 16.5. The van der Waals surface area contributed by atoms with E-state index in [1.54, 1.807) is 31.4 Å². The molecular formula is C24H27N5O4. The number of methoxy groups -OCH3 is 1. The fourth-order valence-corrected chi connectivity index (χ4v) is 3.89. The van der Waals surface area contributed by atoms with Crippen molar-refractivity contribution in [1.29, 1.82) is 0 Å². The number of H-pyrrole nitrogens is 1. The number of nitrogens with one attached hydrogen (secondary N) is 3. The van der Waals surface area contributed by atoms with Crippen LogP contribution in [0.15, 0.2) is 48.5 Å². The zero-order valence-electron chi connectivity index (χ0n) is 18.8. The van der Waals surface area contributed by atoms with E-state index in [9.17, 15) is 14.4 Å². The summed E-state index contributed by atoms with van der Waals surface area (Å²) >= 11 is 0. The van der Waals surface area contributed by atoms with E-state index in [0.717, 1.165) is 15.9 Å². The molecule has 0 aliphatic carbocycles. The predicted molar refractivity (Wildman–Crippen MR) is 124 cm³/mol. The number of amides is 4. The van der Waals surface area contributed by atoms with Gasteiger partial charge in [-0.05, 0) is 48.7 Å². The van der Waals surface area contributed by atoms with E-state index >= 15 is 0 Å². The van der Waals surface area contributed by atoms with Gasteiger partial charge in [-0.2, -0.15) is 0 Å². The molecule has 4 amide bonds. The van der Waals surface area contributed by atoms with Crippen LogP contribution in [-0.2, 0) is 9.59 Å². The molecule has 1 aliphatic heterocycles. The molecule has 1 saturated heterocycles. The summed E-state index contributed by atoms with van der Waals surface area (Å²) in [6, 6.07) is 12.8. The van der Waals surface area contributed by atoms with Crippen molar-refractivity contribution in [2.45, 2.75) is 38.8 Å². The minimum absolute atomic E-state index is 0.0938. The van der Waals surface area contributed by atoms with Gasteiger partial charge in [-0.1, -0.05) is 26.0 Å². The number of fused-ring (bicyclic) bond motifs is 1. The normalized spacial score (nSPS) is 16.8. The second-order valence-electron chi connectivity index (χ2n) is 8.34. The van der Waals surface area contributed by atoms with Crippen molar-refractivity contribution >= 4 is 34.6 Å². The maximum absolute atomic E-state index is 12.8. The van der Waals surface area contributed by atoms with Gasteiger partial charge in [0.25, 0.3) is 5.91 Å². The van der Waals surface area contributed by atoms with Crippen molar-refractivity contribution in [3.63, 3.8) is 0 Å². The Morgan fingerprint density at radius 2 is 1.88 bits per heavy atom. The second-order valence-corrected chi connectivity index (χ2v) is 8.34. The number of hydrogen-bond donors (Lipinski definition) is 3. The van der Waals surface area contributed by atoms with Gasteiger partial charge in [0.05, 0.1) is 29.9 Å². The van der Waals surface area contributed by atoms with Crippen LogP contribution in [-0.4, -0.2) is 41.0 Å². The maximum atomic E-state index is 12.8. The molecule has 0 spiro atoms. The second kappa shape index (κ2) is 9.32. The SMILES string of the molecule is COc1ccc(N2C(=O)N[C@@H](CCC(=O)N[C@H](c3nc4ccccc4[nH]3)C(C)C)C2=O)cc1. The Bertz CT molecular complexity index is 1140. The number of para-hydroxylation sites is 2. The third kappa shape index (κ3) is 4.67. The fraction of sp³-hybridized carbons (Fsp3) is 0.333. The molecule has 0 bridgehead atoms. The Morgan fingerprint density at radius 3 is 2.55 bits per heavy atom. The average molecular weight is 450 g/mol. The van der Waals surface area contributed by atoms with Crippen LogP contribution in [0.5, 0.6) is 5.75 Å². The lowest BCUT2D eigenvalue weighted by Gasteiger charge is -2.20. The van der Waals surface area contributed by atoms with Crippen molar-refractivity contribution in [3.05, 3.63) is 54.4 Å². The molecule has 9 nitrogen and oxygen atoms in total. The Kier molecular flexibility index (Phi) is 6.30. The van der Waals surface area contributed by atoms with Gasteiger partial charge in [-0.25, -0.2) is 14.7 Å². The minimum Gasteiger partial charge on any atom is -0.497 e. The van der Waals surface area contributed by atoms with E-state index in [-0.39, 0.29) is 36.6 Å². The van der Waals surface area contributed by atoms with E-state index in [4.69, 9.17) is 4.74 Å². The number of anilines is 1. The number of hydrogen-bond acceptors (Lipinski definition) is 5. The smallest absolute Gasteiger partial charge is 0.329 e. The lowest BCUT2D eigenvalue weighted by atomic mass is 10.0. The van der Waals surface area contributed by atoms with Gasteiger partial charge in [-0.15, -0.1) is 0 Å². The van der Waals surface area contributed by atoms with Crippen LogP contribution in [0.3, 0.4) is 0 Å². The summed E-state index contributed by atoms with van der Waals surface area (Å²) in [6.45, 7) is 4.01. The van der Waals surface area contributed by atoms with E-state index < -0.39 is 12.1 Å². The molecule has 0 unspecified atom stereocenters.